The standard InChI is InChI=1S/C22H28N2O2S/c1-22(2,3)17-10-8-16(9-11-17)21(26)23-13-12-20(25)24-14-4-6-18(24)19-7-5-15-27-19/h5,7-11,15,18H,4,6,12-14H2,1-3H3,(H,23,26)/t18-/m1/s1. The van der Waals surface area contributed by atoms with Gasteiger partial charge in [-0.05, 0) is 47.4 Å². The number of likely N-dealkylation sites (tertiary alicyclic amines) is 1. The van der Waals surface area contributed by atoms with Gasteiger partial charge in [0, 0.05) is 30.0 Å². The third kappa shape index (κ3) is 4.78. The van der Waals surface area contributed by atoms with Crippen molar-refractivity contribution in [1.82, 2.24) is 10.2 Å². The van der Waals surface area contributed by atoms with Crippen LogP contribution in [0.2, 0.25) is 0 Å². The van der Waals surface area contributed by atoms with Crippen LogP contribution < -0.4 is 5.32 Å². The lowest BCUT2D eigenvalue weighted by molar-refractivity contribution is -0.131. The molecule has 0 aliphatic carbocycles. The molecule has 27 heavy (non-hydrogen) atoms. The first kappa shape index (κ1) is 19.6. The van der Waals surface area contributed by atoms with E-state index in [4.69, 9.17) is 0 Å². The summed E-state index contributed by atoms with van der Waals surface area (Å²) < 4.78 is 0. The number of thiophene rings is 1. The van der Waals surface area contributed by atoms with Crippen molar-refractivity contribution in [3.8, 4) is 0 Å². The minimum atomic E-state index is -0.125. The van der Waals surface area contributed by atoms with E-state index in [-0.39, 0.29) is 23.3 Å². The molecular weight excluding hydrogens is 356 g/mol. The molecule has 4 nitrogen and oxygen atoms in total. The van der Waals surface area contributed by atoms with Crippen LogP contribution in [0, 0.1) is 0 Å². The number of hydrogen-bond acceptors (Lipinski definition) is 3. The van der Waals surface area contributed by atoms with Crippen molar-refractivity contribution in [3.63, 3.8) is 0 Å². The van der Waals surface area contributed by atoms with Gasteiger partial charge in [0.15, 0.2) is 0 Å². The van der Waals surface area contributed by atoms with Crippen LogP contribution in [0.25, 0.3) is 0 Å². The molecule has 1 aliphatic heterocycles. The molecule has 2 amide bonds. The summed E-state index contributed by atoms with van der Waals surface area (Å²) in [7, 11) is 0. The van der Waals surface area contributed by atoms with Crippen molar-refractivity contribution < 1.29 is 9.59 Å². The Morgan fingerprint density at radius 1 is 1.19 bits per heavy atom. The summed E-state index contributed by atoms with van der Waals surface area (Å²) in [5, 5.41) is 4.93. The van der Waals surface area contributed by atoms with E-state index >= 15 is 0 Å². The Kier molecular flexibility index (Phi) is 6.00. The molecule has 2 heterocycles. The summed E-state index contributed by atoms with van der Waals surface area (Å²) in [5.74, 6) is -0.00577. The fourth-order valence-electron chi connectivity index (χ4n) is 3.49. The predicted molar refractivity (Wildman–Crippen MR) is 110 cm³/mol. The van der Waals surface area contributed by atoms with Crippen LogP contribution in [-0.4, -0.2) is 29.8 Å². The van der Waals surface area contributed by atoms with Gasteiger partial charge in [-0.3, -0.25) is 9.59 Å². The molecule has 2 aromatic rings. The normalized spacial score (nSPS) is 17.1. The van der Waals surface area contributed by atoms with Crippen molar-refractivity contribution in [1.29, 1.82) is 0 Å². The number of nitrogens with one attached hydrogen (secondary N) is 1. The van der Waals surface area contributed by atoms with Crippen LogP contribution in [0.5, 0.6) is 0 Å². The van der Waals surface area contributed by atoms with Crippen molar-refractivity contribution in [2.45, 2.75) is 51.5 Å². The van der Waals surface area contributed by atoms with Gasteiger partial charge in [-0.25, -0.2) is 0 Å². The summed E-state index contributed by atoms with van der Waals surface area (Å²) in [5.41, 5.74) is 1.90. The van der Waals surface area contributed by atoms with E-state index in [1.165, 1.54) is 10.4 Å². The molecule has 0 bridgehead atoms. The number of rotatable bonds is 5. The van der Waals surface area contributed by atoms with Gasteiger partial charge in [-0.2, -0.15) is 0 Å². The quantitative estimate of drug-likeness (QED) is 0.823. The Morgan fingerprint density at radius 3 is 2.56 bits per heavy atom. The van der Waals surface area contributed by atoms with E-state index in [9.17, 15) is 9.59 Å². The summed E-state index contributed by atoms with van der Waals surface area (Å²) >= 11 is 1.71. The fourth-order valence-corrected chi connectivity index (χ4v) is 4.37. The topological polar surface area (TPSA) is 49.4 Å². The molecule has 1 aromatic heterocycles. The van der Waals surface area contributed by atoms with Crippen LogP contribution in [0.3, 0.4) is 0 Å². The lowest BCUT2D eigenvalue weighted by Crippen LogP contribution is -2.34. The maximum absolute atomic E-state index is 12.6. The van der Waals surface area contributed by atoms with E-state index < -0.39 is 0 Å². The van der Waals surface area contributed by atoms with E-state index in [0.717, 1.165) is 19.4 Å². The zero-order valence-electron chi connectivity index (χ0n) is 16.3. The minimum Gasteiger partial charge on any atom is -0.352 e. The SMILES string of the molecule is CC(C)(C)c1ccc(C(=O)NCCC(=O)N2CCC[C@@H]2c2cccs2)cc1. The summed E-state index contributed by atoms with van der Waals surface area (Å²) in [4.78, 5) is 28.2. The number of amides is 2. The second-order valence-electron chi connectivity index (χ2n) is 8.09. The smallest absolute Gasteiger partial charge is 0.251 e. The van der Waals surface area contributed by atoms with E-state index in [1.807, 2.05) is 35.2 Å². The number of carbonyl (C=O) groups excluding carboxylic acids is 2. The van der Waals surface area contributed by atoms with Crippen LogP contribution >= 0.6 is 11.3 Å². The molecule has 1 aromatic carbocycles. The average molecular weight is 385 g/mol. The lowest BCUT2D eigenvalue weighted by Gasteiger charge is -2.24. The molecule has 0 radical (unpaired) electrons. The van der Waals surface area contributed by atoms with Gasteiger partial charge in [0.25, 0.3) is 5.91 Å². The first-order valence-electron chi connectivity index (χ1n) is 9.58. The fraction of sp³-hybridized carbons (Fsp3) is 0.455. The molecule has 1 atom stereocenters. The number of hydrogen-bond donors (Lipinski definition) is 1. The molecule has 3 rings (SSSR count). The minimum absolute atomic E-state index is 0.0657. The molecule has 5 heteroatoms. The van der Waals surface area contributed by atoms with Crippen molar-refractivity contribution in [3.05, 3.63) is 57.8 Å². The summed E-state index contributed by atoms with van der Waals surface area (Å²) in [6, 6.07) is 12.0. The maximum Gasteiger partial charge on any atom is 0.251 e. The van der Waals surface area contributed by atoms with Crippen molar-refractivity contribution in [2.75, 3.05) is 13.1 Å². The third-order valence-corrected chi connectivity index (χ3v) is 6.06. The third-order valence-electron chi connectivity index (χ3n) is 5.08. The molecule has 0 saturated carbocycles. The number of nitrogens with zero attached hydrogens (tertiary/aromatic N) is 1. The highest BCUT2D eigenvalue weighted by atomic mass is 32.1. The van der Waals surface area contributed by atoms with E-state index in [1.54, 1.807) is 11.3 Å². The Labute approximate surface area is 165 Å². The second kappa shape index (κ2) is 8.26. The second-order valence-corrected chi connectivity index (χ2v) is 9.07. The largest absolute Gasteiger partial charge is 0.352 e. The molecule has 0 spiro atoms. The van der Waals surface area contributed by atoms with Crippen molar-refractivity contribution in [2.24, 2.45) is 0 Å². The first-order chi connectivity index (χ1) is 12.9. The zero-order valence-corrected chi connectivity index (χ0v) is 17.1. The Balaban J connectivity index is 1.50. The Hall–Kier alpha value is -2.14. The molecule has 144 valence electrons. The summed E-state index contributed by atoms with van der Waals surface area (Å²) in [6.07, 6.45) is 2.41. The Bertz CT molecular complexity index is 776. The van der Waals surface area contributed by atoms with Crippen LogP contribution in [-0.2, 0) is 10.2 Å². The van der Waals surface area contributed by atoms with E-state index in [0.29, 0.717) is 18.5 Å². The van der Waals surface area contributed by atoms with Gasteiger partial charge in [-0.15, -0.1) is 11.3 Å². The molecular formula is C22H28N2O2S. The van der Waals surface area contributed by atoms with Crippen LogP contribution in [0.15, 0.2) is 41.8 Å². The lowest BCUT2D eigenvalue weighted by atomic mass is 9.87. The monoisotopic (exact) mass is 384 g/mol. The summed E-state index contributed by atoms with van der Waals surface area (Å²) in [6.45, 7) is 7.62. The zero-order chi connectivity index (χ0) is 19.4. The predicted octanol–water partition coefficient (Wildman–Crippen LogP) is 4.53. The number of benzene rings is 1. The number of carbonyl (C=O) groups is 2. The Morgan fingerprint density at radius 2 is 1.93 bits per heavy atom. The highest BCUT2D eigenvalue weighted by Crippen LogP contribution is 2.34. The van der Waals surface area contributed by atoms with Crippen LogP contribution in [0.1, 0.15) is 66.9 Å². The maximum atomic E-state index is 12.6. The molecule has 0 unspecified atom stereocenters. The molecule has 1 saturated heterocycles. The van der Waals surface area contributed by atoms with Crippen molar-refractivity contribution >= 4 is 23.2 Å². The average Bonchev–Trinajstić information content (AvgIpc) is 3.32. The van der Waals surface area contributed by atoms with Gasteiger partial charge in [0.2, 0.25) is 5.91 Å². The van der Waals surface area contributed by atoms with Crippen LogP contribution in [0.4, 0.5) is 0 Å². The van der Waals surface area contributed by atoms with Gasteiger partial charge < -0.3 is 10.2 Å². The molecule has 1 aliphatic rings. The van der Waals surface area contributed by atoms with Gasteiger partial charge in [-0.1, -0.05) is 39.0 Å². The molecule has 1 N–H and O–H groups in total. The van der Waals surface area contributed by atoms with Gasteiger partial charge >= 0.3 is 0 Å². The first-order valence-corrected chi connectivity index (χ1v) is 10.5. The van der Waals surface area contributed by atoms with Gasteiger partial charge in [0.05, 0.1) is 6.04 Å². The highest BCUT2D eigenvalue weighted by molar-refractivity contribution is 7.10. The molecule has 1 fully saturated rings. The van der Waals surface area contributed by atoms with E-state index in [2.05, 4.69) is 37.5 Å². The van der Waals surface area contributed by atoms with Gasteiger partial charge in [0.1, 0.15) is 0 Å². The highest BCUT2D eigenvalue weighted by Gasteiger charge is 2.30.